The summed E-state index contributed by atoms with van der Waals surface area (Å²) in [5.41, 5.74) is 4.61. The fourth-order valence-electron chi connectivity index (χ4n) is 4.07. The van der Waals surface area contributed by atoms with E-state index in [2.05, 4.69) is 68.9 Å². The summed E-state index contributed by atoms with van der Waals surface area (Å²) in [7, 11) is 0. The molecule has 5 nitrogen and oxygen atoms in total. The molecule has 1 atom stereocenters. The van der Waals surface area contributed by atoms with Gasteiger partial charge in [0.05, 0.1) is 18.1 Å². The van der Waals surface area contributed by atoms with Gasteiger partial charge in [-0.2, -0.15) is 0 Å². The van der Waals surface area contributed by atoms with Crippen molar-refractivity contribution >= 4 is 22.9 Å². The topological polar surface area (TPSA) is 45.2 Å². The molecule has 5 heteroatoms. The van der Waals surface area contributed by atoms with Crippen molar-refractivity contribution in [1.82, 2.24) is 15.0 Å². The number of fused-ring (bicyclic) bond motifs is 5. The van der Waals surface area contributed by atoms with Crippen LogP contribution in [0.2, 0.25) is 0 Å². The van der Waals surface area contributed by atoms with Crippen molar-refractivity contribution in [3.8, 4) is 0 Å². The molecular formula is C23H29N5. The number of para-hydroxylation sites is 1. The first-order valence-corrected chi connectivity index (χ1v) is 10.1. The van der Waals surface area contributed by atoms with Crippen LogP contribution in [0.5, 0.6) is 0 Å². The van der Waals surface area contributed by atoms with Crippen molar-refractivity contribution in [1.29, 1.82) is 0 Å². The van der Waals surface area contributed by atoms with Crippen molar-refractivity contribution < 1.29 is 0 Å². The Kier molecular flexibility index (Phi) is 5.63. The molecule has 0 aliphatic carbocycles. The summed E-state index contributed by atoms with van der Waals surface area (Å²) in [5.74, 6) is 0.936. The summed E-state index contributed by atoms with van der Waals surface area (Å²) in [6, 6.07) is 12.7. The van der Waals surface area contributed by atoms with E-state index in [-0.39, 0.29) is 11.6 Å². The van der Waals surface area contributed by atoms with E-state index in [1.54, 1.807) is 12.5 Å². The average Bonchev–Trinajstić information content (AvgIpc) is 3.23. The van der Waals surface area contributed by atoms with Gasteiger partial charge in [-0.3, -0.25) is 4.98 Å². The Morgan fingerprint density at radius 2 is 1.57 bits per heavy atom. The van der Waals surface area contributed by atoms with Gasteiger partial charge >= 0.3 is 0 Å². The van der Waals surface area contributed by atoms with Crippen LogP contribution in [0.1, 0.15) is 47.1 Å². The highest BCUT2D eigenvalue weighted by Crippen LogP contribution is 2.57. The SMILES string of the molecule is CC.CC.CC1(C)c2ccccc2N2c3cncnc3N(c3cccnc3)C21. The van der Waals surface area contributed by atoms with Crippen LogP contribution in [0.25, 0.3) is 0 Å². The second-order valence-electron chi connectivity index (χ2n) is 6.80. The van der Waals surface area contributed by atoms with Crippen LogP contribution in [0.15, 0.2) is 61.3 Å². The van der Waals surface area contributed by atoms with Crippen molar-refractivity contribution in [2.75, 3.05) is 9.80 Å². The second kappa shape index (κ2) is 7.97. The first kappa shape index (κ1) is 19.8. The number of anilines is 4. The molecule has 1 unspecified atom stereocenters. The molecule has 0 amide bonds. The molecule has 2 aliphatic heterocycles. The molecule has 4 heterocycles. The molecule has 28 heavy (non-hydrogen) atoms. The van der Waals surface area contributed by atoms with Crippen LogP contribution >= 0.6 is 0 Å². The van der Waals surface area contributed by atoms with Crippen molar-refractivity contribution in [2.45, 2.75) is 53.1 Å². The van der Waals surface area contributed by atoms with Gasteiger partial charge in [-0.25, -0.2) is 9.97 Å². The van der Waals surface area contributed by atoms with Crippen LogP contribution in [0.3, 0.4) is 0 Å². The highest BCUT2D eigenvalue weighted by atomic mass is 15.5. The summed E-state index contributed by atoms with van der Waals surface area (Å²) < 4.78 is 0. The molecule has 3 aromatic rings. The lowest BCUT2D eigenvalue weighted by Gasteiger charge is -2.36. The van der Waals surface area contributed by atoms with Gasteiger partial charge in [0.25, 0.3) is 0 Å². The Morgan fingerprint density at radius 1 is 0.821 bits per heavy atom. The van der Waals surface area contributed by atoms with E-state index in [1.165, 1.54) is 11.3 Å². The van der Waals surface area contributed by atoms with E-state index >= 15 is 0 Å². The smallest absolute Gasteiger partial charge is 0.162 e. The van der Waals surface area contributed by atoms with E-state index in [0.29, 0.717) is 0 Å². The first-order valence-electron chi connectivity index (χ1n) is 10.1. The lowest BCUT2D eigenvalue weighted by molar-refractivity contribution is 0.450. The van der Waals surface area contributed by atoms with Gasteiger partial charge < -0.3 is 9.80 Å². The zero-order valence-electron chi connectivity index (χ0n) is 17.6. The number of nitrogens with zero attached hydrogens (tertiary/aromatic N) is 5. The molecule has 2 aliphatic rings. The van der Waals surface area contributed by atoms with Gasteiger partial charge in [0, 0.05) is 17.3 Å². The molecule has 0 spiro atoms. The number of benzene rings is 1. The molecule has 0 saturated heterocycles. The van der Waals surface area contributed by atoms with Gasteiger partial charge in [0.15, 0.2) is 5.82 Å². The minimum Gasteiger partial charge on any atom is -0.314 e. The van der Waals surface area contributed by atoms with Crippen molar-refractivity contribution in [3.05, 3.63) is 66.9 Å². The minimum absolute atomic E-state index is 0.0624. The maximum Gasteiger partial charge on any atom is 0.162 e. The summed E-state index contributed by atoms with van der Waals surface area (Å²) in [5, 5.41) is 0. The molecule has 0 N–H and O–H groups in total. The zero-order valence-corrected chi connectivity index (χ0v) is 17.6. The number of pyridine rings is 1. The predicted molar refractivity (Wildman–Crippen MR) is 116 cm³/mol. The molecule has 2 aromatic heterocycles. The molecule has 1 aromatic carbocycles. The van der Waals surface area contributed by atoms with Gasteiger partial charge in [0.1, 0.15) is 18.2 Å². The number of hydrogen-bond donors (Lipinski definition) is 0. The largest absolute Gasteiger partial charge is 0.314 e. The Hall–Kier alpha value is -2.95. The minimum atomic E-state index is -0.0624. The third-order valence-electron chi connectivity index (χ3n) is 5.08. The molecule has 0 fully saturated rings. The van der Waals surface area contributed by atoms with Crippen LogP contribution in [-0.2, 0) is 5.41 Å². The Morgan fingerprint density at radius 3 is 2.29 bits per heavy atom. The lowest BCUT2D eigenvalue weighted by Crippen LogP contribution is -2.46. The van der Waals surface area contributed by atoms with Gasteiger partial charge in [-0.15, -0.1) is 0 Å². The maximum atomic E-state index is 4.58. The molecule has 0 radical (unpaired) electrons. The molecular weight excluding hydrogens is 346 g/mol. The van der Waals surface area contributed by atoms with Crippen LogP contribution in [0, 0.1) is 0 Å². The van der Waals surface area contributed by atoms with E-state index in [4.69, 9.17) is 0 Å². The predicted octanol–water partition coefficient (Wildman–Crippen LogP) is 5.83. The zero-order chi connectivity index (χ0) is 20.3. The Bertz CT molecular complexity index is 908. The molecule has 5 rings (SSSR count). The average molecular weight is 376 g/mol. The highest BCUT2D eigenvalue weighted by molar-refractivity contribution is 5.89. The normalized spacial score (nSPS) is 17.4. The third kappa shape index (κ3) is 2.82. The van der Waals surface area contributed by atoms with Crippen LogP contribution < -0.4 is 9.80 Å². The van der Waals surface area contributed by atoms with Crippen molar-refractivity contribution in [2.24, 2.45) is 0 Å². The molecule has 0 saturated carbocycles. The number of rotatable bonds is 1. The van der Waals surface area contributed by atoms with Gasteiger partial charge in [-0.1, -0.05) is 59.7 Å². The monoisotopic (exact) mass is 375 g/mol. The Labute approximate surface area is 168 Å². The maximum absolute atomic E-state index is 4.58. The number of aromatic nitrogens is 3. The second-order valence-corrected chi connectivity index (χ2v) is 6.80. The Balaban J connectivity index is 0.000000531. The van der Waals surface area contributed by atoms with E-state index < -0.39 is 0 Å². The summed E-state index contributed by atoms with van der Waals surface area (Å²) in [4.78, 5) is 17.8. The lowest BCUT2D eigenvalue weighted by atomic mass is 9.83. The molecule has 146 valence electrons. The summed E-state index contributed by atoms with van der Waals surface area (Å²) in [6.07, 6.45) is 7.33. The third-order valence-corrected chi connectivity index (χ3v) is 5.08. The van der Waals surface area contributed by atoms with Crippen molar-refractivity contribution in [3.63, 3.8) is 0 Å². The fourth-order valence-corrected chi connectivity index (χ4v) is 4.07. The van der Waals surface area contributed by atoms with E-state index in [1.807, 2.05) is 46.2 Å². The van der Waals surface area contributed by atoms with E-state index in [0.717, 1.165) is 17.2 Å². The van der Waals surface area contributed by atoms with Crippen LogP contribution in [-0.4, -0.2) is 21.1 Å². The van der Waals surface area contributed by atoms with Crippen LogP contribution in [0.4, 0.5) is 22.9 Å². The van der Waals surface area contributed by atoms with Gasteiger partial charge in [-0.05, 0) is 23.8 Å². The summed E-state index contributed by atoms with van der Waals surface area (Å²) >= 11 is 0. The fraction of sp³-hybridized carbons (Fsp3) is 0.348. The summed E-state index contributed by atoms with van der Waals surface area (Å²) in [6.45, 7) is 12.6. The first-order chi connectivity index (χ1) is 13.7. The van der Waals surface area contributed by atoms with Gasteiger partial charge in [0.2, 0.25) is 0 Å². The molecule has 0 bridgehead atoms. The standard InChI is InChI=1S/C19H17N5.2C2H6/c1-19(2)14-7-3-4-8-15(14)24-16-11-21-12-22-17(16)23(18(19)24)13-6-5-9-20-10-13;2*1-2/h3-12,18H,1-2H3;2*1-2H3. The van der Waals surface area contributed by atoms with E-state index in [9.17, 15) is 0 Å². The quantitative estimate of drug-likeness (QED) is 0.535. The number of hydrogen-bond acceptors (Lipinski definition) is 5. The highest BCUT2D eigenvalue weighted by Gasteiger charge is 2.54.